The topological polar surface area (TPSA) is 29.1 Å². The van der Waals surface area contributed by atoms with Crippen molar-refractivity contribution in [1.82, 2.24) is 5.32 Å². The average molecular weight is 240 g/mol. The van der Waals surface area contributed by atoms with Gasteiger partial charge < -0.3 is 5.32 Å². The van der Waals surface area contributed by atoms with E-state index in [0.717, 1.165) is 5.56 Å². The lowest BCUT2D eigenvalue weighted by atomic mass is 10.1. The first kappa shape index (κ1) is 13.0. The molecule has 3 heteroatoms. The first-order chi connectivity index (χ1) is 7.38. The summed E-state index contributed by atoms with van der Waals surface area (Å²) in [5.74, 6) is -0.113. The second-order valence-electron chi connectivity index (χ2n) is 4.90. The number of rotatable bonds is 3. The van der Waals surface area contributed by atoms with Crippen molar-refractivity contribution in [3.05, 3.63) is 35.9 Å². The molecule has 1 rings (SSSR count). The van der Waals surface area contributed by atoms with Gasteiger partial charge in [0.05, 0.1) is 0 Å². The van der Waals surface area contributed by atoms with Crippen molar-refractivity contribution in [3.8, 4) is 0 Å². The Morgan fingerprint density at radius 2 is 1.88 bits per heavy atom. The molecule has 0 radical (unpaired) electrons. The second kappa shape index (κ2) is 5.35. The van der Waals surface area contributed by atoms with E-state index in [1.165, 1.54) is 0 Å². The Labute approximate surface area is 102 Å². The number of hydrogen-bond acceptors (Lipinski definition) is 1. The van der Waals surface area contributed by atoms with Crippen LogP contribution < -0.4 is 5.32 Å². The van der Waals surface area contributed by atoms with Crippen molar-refractivity contribution < 1.29 is 4.79 Å². The predicted molar refractivity (Wildman–Crippen MR) is 67.7 cm³/mol. The average Bonchev–Trinajstić information content (AvgIpc) is 2.16. The largest absolute Gasteiger partial charge is 0.350 e. The lowest BCUT2D eigenvalue weighted by molar-refractivity contribution is -0.122. The van der Waals surface area contributed by atoms with Crippen molar-refractivity contribution >= 4 is 17.5 Å². The Kier molecular flexibility index (Phi) is 4.36. The Hall–Kier alpha value is -1.02. The summed E-state index contributed by atoms with van der Waals surface area (Å²) >= 11 is 6.06. The maximum absolute atomic E-state index is 11.7. The Morgan fingerprint density at radius 3 is 2.38 bits per heavy atom. The molecular formula is C13H18ClNO. The molecule has 2 nitrogen and oxygen atoms in total. The Balaban J connectivity index is 2.53. The highest BCUT2D eigenvalue weighted by atomic mass is 35.5. The zero-order valence-electron chi connectivity index (χ0n) is 9.96. The zero-order valence-corrected chi connectivity index (χ0v) is 10.7. The van der Waals surface area contributed by atoms with Gasteiger partial charge in [-0.2, -0.15) is 0 Å². The number of alkyl halides is 1. The number of nitrogens with one attached hydrogen (secondary N) is 1. The van der Waals surface area contributed by atoms with Crippen LogP contribution in [-0.4, -0.2) is 16.8 Å². The van der Waals surface area contributed by atoms with Crippen LogP contribution in [0.5, 0.6) is 0 Å². The molecule has 88 valence electrons. The van der Waals surface area contributed by atoms with Gasteiger partial charge in [0.2, 0.25) is 5.91 Å². The van der Waals surface area contributed by atoms with Gasteiger partial charge in [-0.05, 0) is 32.8 Å². The molecule has 1 amide bonds. The number of carbonyl (C=O) groups excluding carboxylic acids is 1. The van der Waals surface area contributed by atoms with Gasteiger partial charge in [-0.25, -0.2) is 0 Å². The molecule has 1 aromatic rings. The van der Waals surface area contributed by atoms with Crippen LogP contribution in [0.15, 0.2) is 30.3 Å². The number of halogens is 1. The van der Waals surface area contributed by atoms with Crippen molar-refractivity contribution in [2.45, 2.75) is 38.1 Å². The van der Waals surface area contributed by atoms with E-state index < -0.39 is 5.38 Å². The molecule has 16 heavy (non-hydrogen) atoms. The summed E-state index contributed by atoms with van der Waals surface area (Å²) in [6.45, 7) is 5.82. The van der Waals surface area contributed by atoms with E-state index in [9.17, 15) is 4.79 Å². The van der Waals surface area contributed by atoms with Gasteiger partial charge in [0, 0.05) is 5.54 Å². The predicted octanol–water partition coefficient (Wildman–Crippen LogP) is 2.75. The van der Waals surface area contributed by atoms with Crippen molar-refractivity contribution in [2.24, 2.45) is 0 Å². The summed E-state index contributed by atoms with van der Waals surface area (Å²) in [4.78, 5) is 11.7. The van der Waals surface area contributed by atoms with Gasteiger partial charge in [-0.3, -0.25) is 4.79 Å². The lowest BCUT2D eigenvalue weighted by Gasteiger charge is -2.22. The molecule has 0 aliphatic rings. The van der Waals surface area contributed by atoms with Gasteiger partial charge in [-0.15, -0.1) is 11.6 Å². The van der Waals surface area contributed by atoms with Crippen LogP contribution in [0.2, 0.25) is 0 Å². The third kappa shape index (κ3) is 4.67. The van der Waals surface area contributed by atoms with Crippen LogP contribution in [0.4, 0.5) is 0 Å². The van der Waals surface area contributed by atoms with Crippen LogP contribution in [0.3, 0.4) is 0 Å². The molecular weight excluding hydrogens is 222 g/mol. The third-order valence-corrected chi connectivity index (χ3v) is 2.39. The number of amides is 1. The van der Waals surface area contributed by atoms with Crippen LogP contribution in [0.25, 0.3) is 0 Å². The summed E-state index contributed by atoms with van der Waals surface area (Å²) in [7, 11) is 0. The fourth-order valence-corrected chi connectivity index (χ4v) is 1.59. The first-order valence-corrected chi connectivity index (χ1v) is 5.82. The van der Waals surface area contributed by atoms with Gasteiger partial charge in [0.25, 0.3) is 0 Å². The van der Waals surface area contributed by atoms with E-state index in [2.05, 4.69) is 5.32 Å². The lowest BCUT2D eigenvalue weighted by Crippen LogP contribution is -2.44. The highest BCUT2D eigenvalue weighted by Gasteiger charge is 2.20. The summed E-state index contributed by atoms with van der Waals surface area (Å²) in [6.07, 6.45) is 0.560. The maximum atomic E-state index is 11.7. The van der Waals surface area contributed by atoms with Gasteiger partial charge in [0.15, 0.2) is 0 Å². The van der Waals surface area contributed by atoms with Crippen LogP contribution in [0, 0.1) is 0 Å². The Morgan fingerprint density at radius 1 is 1.31 bits per heavy atom. The molecule has 0 aliphatic heterocycles. The molecule has 0 bridgehead atoms. The summed E-state index contributed by atoms with van der Waals surface area (Å²) in [6, 6.07) is 9.78. The smallest absolute Gasteiger partial charge is 0.238 e. The minimum Gasteiger partial charge on any atom is -0.350 e. The second-order valence-corrected chi connectivity index (χ2v) is 5.42. The quantitative estimate of drug-likeness (QED) is 0.808. The maximum Gasteiger partial charge on any atom is 0.238 e. The van der Waals surface area contributed by atoms with E-state index >= 15 is 0 Å². The van der Waals surface area contributed by atoms with E-state index in [1.54, 1.807) is 0 Å². The highest BCUT2D eigenvalue weighted by Crippen LogP contribution is 2.10. The van der Waals surface area contributed by atoms with E-state index in [1.807, 2.05) is 51.1 Å². The van der Waals surface area contributed by atoms with Crippen LogP contribution >= 0.6 is 11.6 Å². The van der Waals surface area contributed by atoms with Crippen LogP contribution in [0.1, 0.15) is 26.3 Å². The summed E-state index contributed by atoms with van der Waals surface area (Å²) < 4.78 is 0. The number of hydrogen-bond donors (Lipinski definition) is 1. The molecule has 0 saturated carbocycles. The fraction of sp³-hybridized carbons (Fsp3) is 0.462. The van der Waals surface area contributed by atoms with E-state index in [0.29, 0.717) is 6.42 Å². The monoisotopic (exact) mass is 239 g/mol. The number of carbonyl (C=O) groups is 1. The molecule has 1 N–H and O–H groups in total. The molecule has 1 atom stereocenters. The zero-order chi connectivity index (χ0) is 12.2. The van der Waals surface area contributed by atoms with E-state index in [-0.39, 0.29) is 11.4 Å². The molecule has 1 unspecified atom stereocenters. The van der Waals surface area contributed by atoms with Gasteiger partial charge in [0.1, 0.15) is 5.38 Å². The minimum atomic E-state index is -0.512. The molecule has 0 aliphatic carbocycles. The normalized spacial score (nSPS) is 13.2. The van der Waals surface area contributed by atoms with Crippen molar-refractivity contribution in [3.63, 3.8) is 0 Å². The molecule has 0 saturated heterocycles. The standard InChI is InChI=1S/C13H18ClNO/c1-13(2,3)15-12(16)11(14)9-10-7-5-4-6-8-10/h4-8,11H,9H2,1-3H3,(H,15,16). The van der Waals surface area contributed by atoms with Gasteiger partial charge >= 0.3 is 0 Å². The van der Waals surface area contributed by atoms with Crippen LogP contribution in [-0.2, 0) is 11.2 Å². The third-order valence-electron chi connectivity index (χ3n) is 2.04. The molecule has 0 heterocycles. The minimum absolute atomic E-state index is 0.113. The highest BCUT2D eigenvalue weighted by molar-refractivity contribution is 6.30. The SMILES string of the molecule is CC(C)(C)NC(=O)C(Cl)Cc1ccccc1. The van der Waals surface area contributed by atoms with Crippen molar-refractivity contribution in [2.75, 3.05) is 0 Å². The summed E-state index contributed by atoms with van der Waals surface area (Å²) in [5, 5.41) is 2.36. The Bertz CT molecular complexity index is 343. The molecule has 1 aromatic carbocycles. The van der Waals surface area contributed by atoms with E-state index in [4.69, 9.17) is 11.6 Å². The van der Waals surface area contributed by atoms with Gasteiger partial charge in [-0.1, -0.05) is 30.3 Å². The molecule has 0 spiro atoms. The molecule has 0 aromatic heterocycles. The fourth-order valence-electron chi connectivity index (χ4n) is 1.36. The molecule has 0 fully saturated rings. The summed E-state index contributed by atoms with van der Waals surface area (Å²) in [5.41, 5.74) is 0.840. The first-order valence-electron chi connectivity index (χ1n) is 5.38. The number of benzene rings is 1. The van der Waals surface area contributed by atoms with Crippen molar-refractivity contribution in [1.29, 1.82) is 0 Å².